The van der Waals surface area contributed by atoms with Crippen LogP contribution in [0.2, 0.25) is 0 Å². The topological polar surface area (TPSA) is 62.3 Å². The van der Waals surface area contributed by atoms with Crippen LogP contribution in [0.4, 0.5) is 0 Å². The van der Waals surface area contributed by atoms with Crippen LogP contribution in [0.1, 0.15) is 5.56 Å². The Morgan fingerprint density at radius 2 is 1.84 bits per heavy atom. The number of carbonyl (C=O) groups excluding carboxylic acids is 2. The largest absolute Gasteiger partial charge is 0.338 e. The first kappa shape index (κ1) is 16.5. The molecule has 0 aliphatic carbocycles. The van der Waals surface area contributed by atoms with Crippen LogP contribution in [0.15, 0.2) is 30.3 Å². The van der Waals surface area contributed by atoms with E-state index in [1.807, 2.05) is 37.4 Å². The van der Waals surface area contributed by atoms with Crippen molar-refractivity contribution in [2.75, 3.05) is 39.8 Å². The minimum Gasteiger partial charge on any atom is -0.338 e. The fourth-order valence-electron chi connectivity index (χ4n) is 3.57. The molecule has 4 rings (SSSR count). The van der Waals surface area contributed by atoms with Gasteiger partial charge in [0.25, 0.3) is 11.8 Å². The van der Waals surface area contributed by atoms with Crippen molar-refractivity contribution in [3.63, 3.8) is 0 Å². The van der Waals surface area contributed by atoms with Crippen LogP contribution < -0.4 is 0 Å². The molecule has 0 unspecified atom stereocenters. The number of piperazine rings is 1. The summed E-state index contributed by atoms with van der Waals surface area (Å²) in [6.45, 7) is 3.86. The lowest BCUT2D eigenvalue weighted by Gasteiger charge is -2.34. The predicted octanol–water partition coefficient (Wildman–Crippen LogP) is -0.0871. The third-order valence-corrected chi connectivity index (χ3v) is 5.07. The van der Waals surface area contributed by atoms with Gasteiger partial charge in [-0.05, 0) is 12.6 Å². The van der Waals surface area contributed by atoms with Crippen LogP contribution in [-0.4, -0.2) is 84.8 Å². The Morgan fingerprint density at radius 3 is 2.56 bits per heavy atom. The van der Waals surface area contributed by atoms with E-state index in [0.717, 1.165) is 18.7 Å². The van der Waals surface area contributed by atoms with Crippen LogP contribution >= 0.6 is 0 Å². The highest BCUT2D eigenvalue weighted by atomic mass is 16.7. The standard InChI is InChI=1S/C18H23N3O4/c1-19-7-9-20(10-8-19)17(22)15-16-18(23)21(12-14(24-15)25-16)11-13-5-3-2-4-6-13/h2-6,14-16H,7-12H2,1H3/t14-,15+,16-/m0/s1. The van der Waals surface area contributed by atoms with Crippen LogP contribution in [0.25, 0.3) is 0 Å². The first-order chi connectivity index (χ1) is 12.1. The van der Waals surface area contributed by atoms with Crippen molar-refractivity contribution in [1.29, 1.82) is 0 Å². The monoisotopic (exact) mass is 345 g/mol. The maximum absolute atomic E-state index is 12.8. The SMILES string of the molecule is CN1CCN(C(=O)[C@@H]2O[C@@H]3CN(Cc4ccccc4)C(=O)[C@H]2O3)CC1. The summed E-state index contributed by atoms with van der Waals surface area (Å²) in [5, 5.41) is 0. The lowest BCUT2D eigenvalue weighted by Crippen LogP contribution is -2.54. The van der Waals surface area contributed by atoms with Gasteiger partial charge in [0.1, 0.15) is 0 Å². The fraction of sp³-hybridized carbons (Fsp3) is 0.556. The average Bonchev–Trinajstić information content (AvgIpc) is 3.00. The summed E-state index contributed by atoms with van der Waals surface area (Å²) in [5.41, 5.74) is 1.05. The smallest absolute Gasteiger partial charge is 0.255 e. The molecule has 0 spiro atoms. The van der Waals surface area contributed by atoms with Crippen LogP contribution in [0.5, 0.6) is 0 Å². The van der Waals surface area contributed by atoms with Gasteiger partial charge in [-0.25, -0.2) is 0 Å². The van der Waals surface area contributed by atoms with E-state index in [1.165, 1.54) is 0 Å². The Morgan fingerprint density at radius 1 is 1.12 bits per heavy atom. The molecule has 0 N–H and O–H groups in total. The average molecular weight is 345 g/mol. The molecule has 3 atom stereocenters. The number of morpholine rings is 1. The number of nitrogens with zero attached hydrogens (tertiary/aromatic N) is 3. The quantitative estimate of drug-likeness (QED) is 0.766. The summed E-state index contributed by atoms with van der Waals surface area (Å²) < 4.78 is 11.4. The van der Waals surface area contributed by atoms with Crippen molar-refractivity contribution in [3.05, 3.63) is 35.9 Å². The Balaban J connectivity index is 1.44. The normalized spacial score (nSPS) is 30.0. The minimum atomic E-state index is -0.824. The summed E-state index contributed by atoms with van der Waals surface area (Å²) in [6.07, 6.45) is -2.16. The lowest BCUT2D eigenvalue weighted by atomic mass is 10.1. The zero-order valence-corrected chi connectivity index (χ0v) is 14.3. The zero-order chi connectivity index (χ0) is 17.4. The van der Waals surface area contributed by atoms with E-state index in [-0.39, 0.29) is 11.8 Å². The molecular weight excluding hydrogens is 322 g/mol. The lowest BCUT2D eigenvalue weighted by molar-refractivity contribution is -0.162. The summed E-state index contributed by atoms with van der Waals surface area (Å²) in [5.74, 6) is -0.291. The second kappa shape index (κ2) is 6.74. The summed E-state index contributed by atoms with van der Waals surface area (Å²) in [7, 11) is 2.04. The predicted molar refractivity (Wildman–Crippen MR) is 89.5 cm³/mol. The maximum Gasteiger partial charge on any atom is 0.255 e. The molecule has 0 aromatic heterocycles. The summed E-state index contributed by atoms with van der Waals surface area (Å²) >= 11 is 0. The highest BCUT2D eigenvalue weighted by Gasteiger charge is 2.52. The molecule has 2 bridgehead atoms. The summed E-state index contributed by atoms with van der Waals surface area (Å²) in [6, 6.07) is 9.81. The van der Waals surface area contributed by atoms with E-state index in [2.05, 4.69) is 4.90 Å². The number of carbonyl (C=O) groups is 2. The molecule has 3 saturated heterocycles. The number of likely N-dealkylation sites (N-methyl/N-ethyl adjacent to an activating group) is 1. The Labute approximate surface area is 147 Å². The molecule has 25 heavy (non-hydrogen) atoms. The molecule has 134 valence electrons. The van der Waals surface area contributed by atoms with Gasteiger partial charge in [-0.2, -0.15) is 0 Å². The van der Waals surface area contributed by atoms with Crippen molar-refractivity contribution in [1.82, 2.24) is 14.7 Å². The number of hydrogen-bond donors (Lipinski definition) is 0. The molecule has 2 amide bonds. The third kappa shape index (κ3) is 3.27. The molecule has 3 aliphatic rings. The van der Waals surface area contributed by atoms with Gasteiger partial charge in [-0.3, -0.25) is 9.59 Å². The maximum atomic E-state index is 12.8. The molecule has 1 aromatic carbocycles. The van der Waals surface area contributed by atoms with Crippen molar-refractivity contribution in [3.8, 4) is 0 Å². The van der Waals surface area contributed by atoms with Crippen molar-refractivity contribution in [2.24, 2.45) is 0 Å². The molecule has 3 aliphatic heterocycles. The van der Waals surface area contributed by atoms with E-state index < -0.39 is 18.5 Å². The van der Waals surface area contributed by atoms with Gasteiger partial charge in [-0.1, -0.05) is 30.3 Å². The van der Waals surface area contributed by atoms with Crippen molar-refractivity contribution < 1.29 is 19.1 Å². The van der Waals surface area contributed by atoms with Crippen LogP contribution in [0, 0.1) is 0 Å². The molecule has 3 heterocycles. The van der Waals surface area contributed by atoms with E-state index in [4.69, 9.17) is 9.47 Å². The van der Waals surface area contributed by atoms with E-state index >= 15 is 0 Å². The van der Waals surface area contributed by atoms with Gasteiger partial charge < -0.3 is 24.2 Å². The highest BCUT2D eigenvalue weighted by molar-refractivity contribution is 5.92. The van der Waals surface area contributed by atoms with Gasteiger partial charge in [0.2, 0.25) is 0 Å². The number of benzene rings is 1. The molecular formula is C18H23N3O4. The molecule has 0 radical (unpaired) electrons. The van der Waals surface area contributed by atoms with Gasteiger partial charge in [0.05, 0.1) is 6.54 Å². The van der Waals surface area contributed by atoms with Crippen LogP contribution in [-0.2, 0) is 25.6 Å². The number of amides is 2. The second-order valence-corrected chi connectivity index (χ2v) is 6.88. The number of fused-ring (bicyclic) bond motifs is 2. The van der Waals surface area contributed by atoms with E-state index in [0.29, 0.717) is 26.2 Å². The minimum absolute atomic E-state index is 0.129. The summed E-state index contributed by atoms with van der Waals surface area (Å²) in [4.78, 5) is 31.3. The molecule has 3 fully saturated rings. The first-order valence-electron chi connectivity index (χ1n) is 8.73. The Hall–Kier alpha value is -1.96. The Bertz CT molecular complexity index is 645. The van der Waals surface area contributed by atoms with E-state index in [1.54, 1.807) is 9.80 Å². The number of hydrogen-bond acceptors (Lipinski definition) is 5. The van der Waals surface area contributed by atoms with Gasteiger partial charge in [0.15, 0.2) is 18.5 Å². The van der Waals surface area contributed by atoms with Gasteiger partial charge >= 0.3 is 0 Å². The molecule has 0 saturated carbocycles. The molecule has 7 nitrogen and oxygen atoms in total. The fourth-order valence-corrected chi connectivity index (χ4v) is 3.57. The van der Waals surface area contributed by atoms with Crippen molar-refractivity contribution >= 4 is 11.8 Å². The molecule has 1 aromatic rings. The Kier molecular flexibility index (Phi) is 4.45. The van der Waals surface area contributed by atoms with Gasteiger partial charge in [0, 0.05) is 32.7 Å². The van der Waals surface area contributed by atoms with Gasteiger partial charge in [-0.15, -0.1) is 0 Å². The first-order valence-corrected chi connectivity index (χ1v) is 8.73. The second-order valence-electron chi connectivity index (χ2n) is 6.88. The number of rotatable bonds is 3. The molecule has 7 heteroatoms. The van der Waals surface area contributed by atoms with E-state index in [9.17, 15) is 9.59 Å². The van der Waals surface area contributed by atoms with Crippen LogP contribution in [0.3, 0.4) is 0 Å². The number of ether oxygens (including phenoxy) is 2. The highest BCUT2D eigenvalue weighted by Crippen LogP contribution is 2.29. The zero-order valence-electron chi connectivity index (χ0n) is 14.3. The third-order valence-electron chi connectivity index (χ3n) is 5.07. The van der Waals surface area contributed by atoms with Crippen molar-refractivity contribution in [2.45, 2.75) is 25.0 Å².